The van der Waals surface area contributed by atoms with Crippen LogP contribution in [0.2, 0.25) is 0 Å². The number of amides is 1. The average molecular weight is 264 g/mol. The summed E-state index contributed by atoms with van der Waals surface area (Å²) in [6, 6.07) is 6.81. The van der Waals surface area contributed by atoms with Gasteiger partial charge in [-0.3, -0.25) is 4.79 Å². The molecule has 3 nitrogen and oxygen atoms in total. The van der Waals surface area contributed by atoms with Crippen molar-refractivity contribution in [2.45, 2.75) is 38.1 Å². The van der Waals surface area contributed by atoms with E-state index in [1.54, 1.807) is 18.2 Å². The van der Waals surface area contributed by atoms with Crippen molar-refractivity contribution in [1.82, 2.24) is 5.32 Å². The molecule has 0 radical (unpaired) electrons. The van der Waals surface area contributed by atoms with E-state index in [9.17, 15) is 9.18 Å². The Kier molecular flexibility index (Phi) is 4.91. The minimum atomic E-state index is -0.212. The molecular formula is C15H21FN2O. The largest absolute Gasteiger partial charge is 0.356 e. The number of rotatable bonds is 4. The lowest BCUT2D eigenvalue weighted by Crippen LogP contribution is -2.38. The molecule has 0 bridgehead atoms. The summed E-state index contributed by atoms with van der Waals surface area (Å²) in [6.45, 7) is 0.478. The number of hydrogen-bond donors (Lipinski definition) is 2. The van der Waals surface area contributed by atoms with E-state index < -0.39 is 0 Å². The fourth-order valence-electron chi connectivity index (χ4n) is 2.63. The third-order valence-corrected chi connectivity index (χ3v) is 3.74. The van der Waals surface area contributed by atoms with Gasteiger partial charge in [0, 0.05) is 18.5 Å². The van der Waals surface area contributed by atoms with E-state index in [0.717, 1.165) is 25.7 Å². The van der Waals surface area contributed by atoms with Crippen molar-refractivity contribution in [3.63, 3.8) is 0 Å². The Hall–Kier alpha value is -1.42. The highest BCUT2D eigenvalue weighted by molar-refractivity contribution is 5.78. The molecule has 1 saturated carbocycles. The second-order valence-electron chi connectivity index (χ2n) is 5.26. The maximum Gasteiger partial charge on any atom is 0.223 e. The van der Waals surface area contributed by atoms with Gasteiger partial charge in [-0.25, -0.2) is 4.39 Å². The quantitative estimate of drug-likeness (QED) is 0.874. The normalized spacial score (nSPS) is 23.1. The second-order valence-corrected chi connectivity index (χ2v) is 5.26. The Morgan fingerprint density at radius 2 is 2.16 bits per heavy atom. The number of carbonyl (C=O) groups is 1. The zero-order valence-corrected chi connectivity index (χ0v) is 11.1. The van der Waals surface area contributed by atoms with E-state index in [1.807, 2.05) is 0 Å². The van der Waals surface area contributed by atoms with Gasteiger partial charge in [0.15, 0.2) is 0 Å². The third-order valence-electron chi connectivity index (χ3n) is 3.74. The Labute approximate surface area is 113 Å². The summed E-state index contributed by atoms with van der Waals surface area (Å²) < 4.78 is 13.4. The number of carbonyl (C=O) groups excluding carboxylic acids is 1. The number of hydrogen-bond acceptors (Lipinski definition) is 2. The molecule has 0 aromatic heterocycles. The van der Waals surface area contributed by atoms with Crippen LogP contribution in [0, 0.1) is 11.7 Å². The molecule has 1 aliphatic rings. The summed E-state index contributed by atoms with van der Waals surface area (Å²) in [5, 5.41) is 2.89. The fourth-order valence-corrected chi connectivity index (χ4v) is 2.63. The third kappa shape index (κ3) is 4.03. The molecule has 4 heteroatoms. The first-order chi connectivity index (χ1) is 9.16. The molecule has 2 unspecified atom stereocenters. The molecule has 0 saturated heterocycles. The van der Waals surface area contributed by atoms with E-state index in [4.69, 9.17) is 5.73 Å². The maximum atomic E-state index is 13.4. The van der Waals surface area contributed by atoms with Gasteiger partial charge in [0.2, 0.25) is 5.91 Å². The van der Waals surface area contributed by atoms with Crippen molar-refractivity contribution in [1.29, 1.82) is 0 Å². The summed E-state index contributed by atoms with van der Waals surface area (Å²) in [5.41, 5.74) is 6.51. The molecular weight excluding hydrogens is 243 g/mol. The lowest BCUT2D eigenvalue weighted by molar-refractivity contribution is -0.126. The summed E-state index contributed by atoms with van der Waals surface area (Å²) in [5.74, 6) is -0.118. The Balaban J connectivity index is 1.76. The lowest BCUT2D eigenvalue weighted by Gasteiger charge is -2.25. The summed E-state index contributed by atoms with van der Waals surface area (Å²) in [6.07, 6.45) is 4.24. The molecule has 0 aliphatic heterocycles. The SMILES string of the molecule is NC1CCCC(C(=O)NCCc2ccccc2F)C1. The molecule has 104 valence electrons. The van der Waals surface area contributed by atoms with Gasteiger partial charge in [0.25, 0.3) is 0 Å². The lowest BCUT2D eigenvalue weighted by atomic mass is 9.85. The van der Waals surface area contributed by atoms with Crippen LogP contribution in [0.1, 0.15) is 31.2 Å². The van der Waals surface area contributed by atoms with Crippen molar-refractivity contribution >= 4 is 5.91 Å². The smallest absolute Gasteiger partial charge is 0.223 e. The van der Waals surface area contributed by atoms with Crippen LogP contribution in [0.25, 0.3) is 0 Å². The molecule has 1 amide bonds. The average Bonchev–Trinajstić information content (AvgIpc) is 2.41. The minimum Gasteiger partial charge on any atom is -0.356 e. The van der Waals surface area contributed by atoms with Crippen molar-refractivity contribution in [2.24, 2.45) is 11.7 Å². The molecule has 2 rings (SSSR count). The number of halogens is 1. The first-order valence-electron chi connectivity index (χ1n) is 6.93. The van der Waals surface area contributed by atoms with Crippen LogP contribution in [-0.2, 0) is 11.2 Å². The van der Waals surface area contributed by atoms with Crippen LogP contribution in [0.5, 0.6) is 0 Å². The highest BCUT2D eigenvalue weighted by Gasteiger charge is 2.24. The topological polar surface area (TPSA) is 55.1 Å². The van der Waals surface area contributed by atoms with Crippen molar-refractivity contribution in [3.05, 3.63) is 35.6 Å². The maximum absolute atomic E-state index is 13.4. The Morgan fingerprint density at radius 3 is 2.89 bits per heavy atom. The van der Waals surface area contributed by atoms with Gasteiger partial charge >= 0.3 is 0 Å². The number of nitrogens with two attached hydrogens (primary N) is 1. The van der Waals surface area contributed by atoms with Crippen molar-refractivity contribution in [3.8, 4) is 0 Å². The van der Waals surface area contributed by atoms with Crippen molar-refractivity contribution in [2.75, 3.05) is 6.54 Å². The number of nitrogens with one attached hydrogen (secondary N) is 1. The van der Waals surface area contributed by atoms with E-state index >= 15 is 0 Å². The molecule has 1 aliphatic carbocycles. The number of benzene rings is 1. The van der Waals surface area contributed by atoms with Gasteiger partial charge < -0.3 is 11.1 Å². The summed E-state index contributed by atoms with van der Waals surface area (Å²) >= 11 is 0. The molecule has 0 heterocycles. The monoisotopic (exact) mass is 264 g/mol. The van der Waals surface area contributed by atoms with Gasteiger partial charge in [-0.1, -0.05) is 24.6 Å². The summed E-state index contributed by atoms with van der Waals surface area (Å²) in [7, 11) is 0. The minimum absolute atomic E-state index is 0.0318. The first-order valence-corrected chi connectivity index (χ1v) is 6.93. The van der Waals surface area contributed by atoms with E-state index in [2.05, 4.69) is 5.32 Å². The van der Waals surface area contributed by atoms with Gasteiger partial charge in [0.1, 0.15) is 5.82 Å². The van der Waals surface area contributed by atoms with Crippen LogP contribution < -0.4 is 11.1 Å². The predicted octanol–water partition coefficient (Wildman–Crippen LogP) is 2.00. The molecule has 1 aromatic carbocycles. The summed E-state index contributed by atoms with van der Waals surface area (Å²) in [4.78, 5) is 12.0. The molecule has 3 N–H and O–H groups in total. The van der Waals surface area contributed by atoms with Crippen LogP contribution >= 0.6 is 0 Å². The molecule has 1 fully saturated rings. The van der Waals surface area contributed by atoms with Crippen molar-refractivity contribution < 1.29 is 9.18 Å². The van der Waals surface area contributed by atoms with E-state index in [-0.39, 0.29) is 23.7 Å². The second kappa shape index (κ2) is 6.66. The zero-order chi connectivity index (χ0) is 13.7. The zero-order valence-electron chi connectivity index (χ0n) is 11.1. The van der Waals surface area contributed by atoms with Gasteiger partial charge in [-0.2, -0.15) is 0 Å². The molecule has 2 atom stereocenters. The van der Waals surface area contributed by atoms with Crippen LogP contribution in [0.15, 0.2) is 24.3 Å². The highest BCUT2D eigenvalue weighted by Crippen LogP contribution is 2.23. The van der Waals surface area contributed by atoms with Crippen LogP contribution in [-0.4, -0.2) is 18.5 Å². The van der Waals surface area contributed by atoms with E-state index in [1.165, 1.54) is 6.07 Å². The molecule has 19 heavy (non-hydrogen) atoms. The van der Waals surface area contributed by atoms with Gasteiger partial charge in [-0.05, 0) is 37.3 Å². The predicted molar refractivity (Wildman–Crippen MR) is 73.0 cm³/mol. The first kappa shape index (κ1) is 14.0. The van der Waals surface area contributed by atoms with Gasteiger partial charge in [0.05, 0.1) is 0 Å². The molecule has 0 spiro atoms. The standard InChI is InChI=1S/C15H21FN2O/c16-14-7-2-1-4-11(14)8-9-18-15(19)12-5-3-6-13(17)10-12/h1-2,4,7,12-13H,3,5-6,8-10,17H2,(H,18,19). The van der Waals surface area contributed by atoms with Gasteiger partial charge in [-0.15, -0.1) is 0 Å². The van der Waals surface area contributed by atoms with Crippen LogP contribution in [0.4, 0.5) is 4.39 Å². The fraction of sp³-hybridized carbons (Fsp3) is 0.533. The Morgan fingerprint density at radius 1 is 1.37 bits per heavy atom. The highest BCUT2D eigenvalue weighted by atomic mass is 19.1. The molecule has 1 aromatic rings. The van der Waals surface area contributed by atoms with E-state index in [0.29, 0.717) is 18.5 Å². The van der Waals surface area contributed by atoms with Crippen LogP contribution in [0.3, 0.4) is 0 Å². The Bertz CT molecular complexity index is 436.